The molecule has 1 rings (SSSR count). The summed E-state index contributed by atoms with van der Waals surface area (Å²) in [5, 5.41) is 22.2. The molecule has 0 aliphatic carbocycles. The first kappa shape index (κ1) is 11.9. The number of nitrogens with zero attached hydrogens (tertiary/aromatic N) is 1. The van der Waals surface area contributed by atoms with E-state index in [9.17, 15) is 20.0 Å². The van der Waals surface area contributed by atoms with Crippen molar-refractivity contribution in [3.8, 4) is 0 Å². The highest BCUT2D eigenvalue weighted by Crippen LogP contribution is 2.17. The van der Waals surface area contributed by atoms with Crippen molar-refractivity contribution in [1.82, 2.24) is 5.32 Å². The number of non-ortho nitro benzene ring substituents is 1. The van der Waals surface area contributed by atoms with Gasteiger partial charge in [0, 0.05) is 17.7 Å². The molecule has 0 saturated carbocycles. The molecule has 6 heteroatoms. The fourth-order valence-corrected chi connectivity index (χ4v) is 1.09. The lowest BCUT2D eigenvalue weighted by atomic mass is 10.2. The van der Waals surface area contributed by atoms with Crippen molar-refractivity contribution >= 4 is 11.6 Å². The van der Waals surface area contributed by atoms with Gasteiger partial charge in [-0.15, -0.1) is 0 Å². The van der Waals surface area contributed by atoms with E-state index in [1.54, 1.807) is 0 Å². The third kappa shape index (κ3) is 2.89. The predicted octanol–water partition coefficient (Wildman–Crippen LogP) is 0.888. The maximum absolute atomic E-state index is 10.9. The molecule has 1 amide bonds. The zero-order chi connectivity index (χ0) is 12.1. The van der Waals surface area contributed by atoms with Gasteiger partial charge < -0.3 is 10.4 Å². The van der Waals surface area contributed by atoms with E-state index < -0.39 is 17.1 Å². The maximum atomic E-state index is 10.9. The minimum Gasteiger partial charge on any atom is -0.369 e. The molecule has 2 N–H and O–H groups in total. The van der Waals surface area contributed by atoms with E-state index in [4.69, 9.17) is 0 Å². The van der Waals surface area contributed by atoms with Gasteiger partial charge in [0.25, 0.3) is 5.69 Å². The number of aliphatic hydroxyl groups excluding tert-OH is 1. The summed E-state index contributed by atoms with van der Waals surface area (Å²) >= 11 is 0. The number of carbonyl (C=O) groups excluding carboxylic acids is 1. The number of hydrogen-bond acceptors (Lipinski definition) is 4. The topological polar surface area (TPSA) is 92.5 Å². The van der Waals surface area contributed by atoms with Gasteiger partial charge in [0.05, 0.1) is 4.92 Å². The average Bonchev–Trinajstić information content (AvgIpc) is 2.28. The Morgan fingerprint density at radius 2 is 2.31 bits per heavy atom. The van der Waals surface area contributed by atoms with Crippen LogP contribution >= 0.6 is 0 Å². The quantitative estimate of drug-likeness (QED) is 0.342. The van der Waals surface area contributed by atoms with Crippen molar-refractivity contribution in [3.63, 3.8) is 0 Å². The van der Waals surface area contributed by atoms with Crippen LogP contribution in [0.2, 0.25) is 0 Å². The molecule has 0 aliphatic rings. The highest BCUT2D eigenvalue weighted by atomic mass is 16.6. The zero-order valence-electron chi connectivity index (χ0n) is 8.29. The Morgan fingerprint density at radius 3 is 2.88 bits per heavy atom. The molecule has 0 heterocycles. The van der Waals surface area contributed by atoms with Crippen LogP contribution in [0, 0.1) is 10.1 Å². The van der Waals surface area contributed by atoms with Crippen LogP contribution in [-0.4, -0.2) is 15.9 Å². The second-order valence-corrected chi connectivity index (χ2v) is 2.97. The van der Waals surface area contributed by atoms with Crippen LogP contribution in [0.25, 0.3) is 0 Å². The van der Waals surface area contributed by atoms with Gasteiger partial charge in [-0.05, 0) is 6.08 Å². The third-order valence-electron chi connectivity index (χ3n) is 1.86. The van der Waals surface area contributed by atoms with Gasteiger partial charge >= 0.3 is 0 Å². The predicted molar refractivity (Wildman–Crippen MR) is 56.4 cm³/mol. The smallest absolute Gasteiger partial charge is 0.269 e. The number of benzene rings is 1. The SMILES string of the molecule is C=CC(=O)NC(O)c1cccc([N+](=O)[O-])c1. The Balaban J connectivity index is 2.87. The van der Waals surface area contributed by atoms with Gasteiger partial charge in [0.2, 0.25) is 5.91 Å². The van der Waals surface area contributed by atoms with Crippen molar-refractivity contribution < 1.29 is 14.8 Å². The molecule has 0 radical (unpaired) electrons. The largest absolute Gasteiger partial charge is 0.369 e. The van der Waals surface area contributed by atoms with Crippen LogP contribution in [0.3, 0.4) is 0 Å². The van der Waals surface area contributed by atoms with Crippen LogP contribution in [-0.2, 0) is 4.79 Å². The molecule has 0 aliphatic heterocycles. The minimum atomic E-state index is -1.29. The summed E-state index contributed by atoms with van der Waals surface area (Å²) in [6, 6.07) is 5.39. The standard InChI is InChI=1S/C10H10N2O4/c1-2-9(13)11-10(14)7-4-3-5-8(6-7)12(15)16/h2-6,10,14H,1H2,(H,11,13). The Bertz CT molecular complexity index is 431. The van der Waals surface area contributed by atoms with E-state index in [1.165, 1.54) is 24.3 Å². The monoisotopic (exact) mass is 222 g/mol. The molecular formula is C10H10N2O4. The van der Waals surface area contributed by atoms with Crippen molar-refractivity contribution in [2.24, 2.45) is 0 Å². The van der Waals surface area contributed by atoms with Crippen molar-refractivity contribution in [2.45, 2.75) is 6.23 Å². The van der Waals surface area contributed by atoms with Crippen molar-refractivity contribution in [1.29, 1.82) is 0 Å². The van der Waals surface area contributed by atoms with E-state index in [2.05, 4.69) is 11.9 Å². The fraction of sp³-hybridized carbons (Fsp3) is 0.100. The van der Waals surface area contributed by atoms with E-state index >= 15 is 0 Å². The number of hydrogen-bond donors (Lipinski definition) is 2. The molecule has 16 heavy (non-hydrogen) atoms. The normalized spacial score (nSPS) is 11.6. The summed E-state index contributed by atoms with van der Waals surface area (Å²) < 4.78 is 0. The molecule has 6 nitrogen and oxygen atoms in total. The first-order valence-corrected chi connectivity index (χ1v) is 4.40. The molecule has 1 atom stereocenters. The van der Waals surface area contributed by atoms with Crippen molar-refractivity contribution in [3.05, 3.63) is 52.6 Å². The summed E-state index contributed by atoms with van der Waals surface area (Å²) in [5.74, 6) is -0.556. The van der Waals surface area contributed by atoms with Crippen LogP contribution in [0.1, 0.15) is 11.8 Å². The Morgan fingerprint density at radius 1 is 1.62 bits per heavy atom. The number of nitrogens with one attached hydrogen (secondary N) is 1. The number of rotatable bonds is 4. The van der Waals surface area contributed by atoms with Gasteiger partial charge in [-0.2, -0.15) is 0 Å². The molecule has 1 aromatic carbocycles. The fourth-order valence-electron chi connectivity index (χ4n) is 1.09. The first-order valence-electron chi connectivity index (χ1n) is 4.40. The van der Waals surface area contributed by atoms with E-state index in [0.717, 1.165) is 6.08 Å². The van der Waals surface area contributed by atoms with Crippen LogP contribution in [0.15, 0.2) is 36.9 Å². The highest BCUT2D eigenvalue weighted by Gasteiger charge is 2.12. The minimum absolute atomic E-state index is 0.149. The van der Waals surface area contributed by atoms with E-state index in [1.807, 2.05) is 0 Å². The highest BCUT2D eigenvalue weighted by molar-refractivity contribution is 5.87. The Kier molecular flexibility index (Phi) is 3.73. The molecule has 0 aromatic heterocycles. The maximum Gasteiger partial charge on any atom is 0.269 e. The molecular weight excluding hydrogens is 212 g/mol. The number of nitro groups is 1. The van der Waals surface area contributed by atoms with E-state index in [-0.39, 0.29) is 11.3 Å². The molecule has 0 spiro atoms. The molecule has 1 aromatic rings. The molecule has 0 fully saturated rings. The average molecular weight is 222 g/mol. The van der Waals surface area contributed by atoms with Crippen LogP contribution in [0.5, 0.6) is 0 Å². The second-order valence-electron chi connectivity index (χ2n) is 2.97. The molecule has 0 saturated heterocycles. The van der Waals surface area contributed by atoms with Crippen LogP contribution < -0.4 is 5.32 Å². The summed E-state index contributed by atoms with van der Waals surface area (Å²) in [6.45, 7) is 3.22. The zero-order valence-corrected chi connectivity index (χ0v) is 8.29. The van der Waals surface area contributed by atoms with Gasteiger partial charge in [0.1, 0.15) is 0 Å². The van der Waals surface area contributed by atoms with Gasteiger partial charge in [-0.25, -0.2) is 0 Å². The lowest BCUT2D eigenvalue weighted by Gasteiger charge is -2.11. The van der Waals surface area contributed by atoms with Gasteiger partial charge in [-0.3, -0.25) is 14.9 Å². The van der Waals surface area contributed by atoms with Gasteiger partial charge in [0.15, 0.2) is 6.23 Å². The summed E-state index contributed by atoms with van der Waals surface area (Å²) in [6.07, 6.45) is -0.286. The summed E-state index contributed by atoms with van der Waals surface area (Å²) in [5.41, 5.74) is 0.0915. The van der Waals surface area contributed by atoms with Crippen LogP contribution in [0.4, 0.5) is 5.69 Å². The molecule has 1 unspecified atom stereocenters. The Hall–Kier alpha value is -2.21. The third-order valence-corrected chi connectivity index (χ3v) is 1.86. The number of amides is 1. The second kappa shape index (κ2) is 5.04. The first-order chi connectivity index (χ1) is 7.54. The lowest BCUT2D eigenvalue weighted by molar-refractivity contribution is -0.385. The van der Waals surface area contributed by atoms with Gasteiger partial charge in [-0.1, -0.05) is 18.7 Å². The van der Waals surface area contributed by atoms with E-state index in [0.29, 0.717) is 0 Å². The van der Waals surface area contributed by atoms with Crippen molar-refractivity contribution in [2.75, 3.05) is 0 Å². The summed E-state index contributed by atoms with van der Waals surface area (Å²) in [4.78, 5) is 20.8. The lowest BCUT2D eigenvalue weighted by Crippen LogP contribution is -2.26. The number of nitro benzene ring substituents is 1. The molecule has 0 bridgehead atoms. The summed E-state index contributed by atoms with van der Waals surface area (Å²) in [7, 11) is 0. The number of aliphatic hydroxyl groups is 1. The number of carbonyl (C=O) groups is 1. The Labute approximate surface area is 91.4 Å². The molecule has 84 valence electrons.